The molecular formula is C22H18N4O2. The summed E-state index contributed by atoms with van der Waals surface area (Å²) in [6, 6.07) is 17.9. The van der Waals surface area contributed by atoms with Crippen molar-refractivity contribution in [3.8, 4) is 6.07 Å². The second-order valence-corrected chi connectivity index (χ2v) is 6.28. The fourth-order valence-corrected chi connectivity index (χ4v) is 2.63. The SMILES string of the molecule is Cc1cccc(CNC(=O)c2cncc(C(=O)Nc3ccc(C#N)cc3)c2)c1. The van der Waals surface area contributed by atoms with E-state index in [9.17, 15) is 9.59 Å². The lowest BCUT2D eigenvalue weighted by molar-refractivity contribution is 0.0950. The molecule has 2 N–H and O–H groups in total. The van der Waals surface area contributed by atoms with Crippen molar-refractivity contribution < 1.29 is 9.59 Å². The van der Waals surface area contributed by atoms with Crippen LogP contribution < -0.4 is 10.6 Å². The zero-order valence-corrected chi connectivity index (χ0v) is 15.3. The van der Waals surface area contributed by atoms with Gasteiger partial charge in [-0.3, -0.25) is 14.6 Å². The molecule has 0 atom stereocenters. The molecule has 2 aromatic carbocycles. The van der Waals surface area contributed by atoms with Gasteiger partial charge in [0.2, 0.25) is 0 Å². The van der Waals surface area contributed by atoms with Crippen molar-refractivity contribution in [3.05, 3.63) is 94.8 Å². The molecule has 6 heteroatoms. The molecular weight excluding hydrogens is 352 g/mol. The van der Waals surface area contributed by atoms with Crippen LogP contribution in [0.5, 0.6) is 0 Å². The Bertz CT molecular complexity index is 1050. The Kier molecular flexibility index (Phi) is 5.78. The number of aryl methyl sites for hydroxylation is 1. The number of pyridine rings is 1. The molecule has 2 amide bonds. The quantitative estimate of drug-likeness (QED) is 0.719. The first-order chi connectivity index (χ1) is 13.5. The Labute approximate surface area is 162 Å². The molecule has 0 radical (unpaired) electrons. The molecule has 138 valence electrons. The molecule has 1 heterocycles. The van der Waals surface area contributed by atoms with Crippen molar-refractivity contribution in [2.45, 2.75) is 13.5 Å². The number of rotatable bonds is 5. The smallest absolute Gasteiger partial charge is 0.257 e. The van der Waals surface area contributed by atoms with Gasteiger partial charge in [-0.25, -0.2) is 0 Å². The molecule has 0 aliphatic heterocycles. The zero-order valence-electron chi connectivity index (χ0n) is 15.3. The fraction of sp³-hybridized carbons (Fsp3) is 0.0909. The van der Waals surface area contributed by atoms with Crippen LogP contribution in [0.2, 0.25) is 0 Å². The van der Waals surface area contributed by atoms with Crippen LogP contribution in [-0.2, 0) is 6.54 Å². The van der Waals surface area contributed by atoms with Gasteiger partial charge in [-0.15, -0.1) is 0 Å². The first-order valence-electron chi connectivity index (χ1n) is 8.65. The number of benzene rings is 2. The maximum atomic E-state index is 12.4. The summed E-state index contributed by atoms with van der Waals surface area (Å²) in [5, 5.41) is 14.4. The van der Waals surface area contributed by atoms with Gasteiger partial charge in [0.05, 0.1) is 22.8 Å². The predicted molar refractivity (Wildman–Crippen MR) is 106 cm³/mol. The average Bonchev–Trinajstić information content (AvgIpc) is 2.72. The summed E-state index contributed by atoms with van der Waals surface area (Å²) >= 11 is 0. The molecule has 0 aliphatic carbocycles. The van der Waals surface area contributed by atoms with Gasteiger partial charge in [-0.1, -0.05) is 29.8 Å². The minimum atomic E-state index is -0.384. The Morgan fingerprint density at radius 3 is 2.39 bits per heavy atom. The number of nitriles is 1. The highest BCUT2D eigenvalue weighted by Gasteiger charge is 2.12. The molecule has 0 spiro atoms. The molecule has 3 rings (SSSR count). The summed E-state index contributed by atoms with van der Waals surface area (Å²) in [6.07, 6.45) is 2.82. The number of anilines is 1. The highest BCUT2D eigenvalue weighted by atomic mass is 16.2. The second kappa shape index (κ2) is 8.60. The molecule has 28 heavy (non-hydrogen) atoms. The number of carbonyl (C=O) groups is 2. The van der Waals surface area contributed by atoms with E-state index in [-0.39, 0.29) is 17.4 Å². The highest BCUT2D eigenvalue weighted by molar-refractivity contribution is 6.05. The van der Waals surface area contributed by atoms with E-state index in [4.69, 9.17) is 5.26 Å². The zero-order chi connectivity index (χ0) is 19.9. The highest BCUT2D eigenvalue weighted by Crippen LogP contribution is 2.12. The number of nitrogens with one attached hydrogen (secondary N) is 2. The number of aromatic nitrogens is 1. The summed E-state index contributed by atoms with van der Waals surface area (Å²) < 4.78 is 0. The van der Waals surface area contributed by atoms with Gasteiger partial charge in [0, 0.05) is 24.6 Å². The van der Waals surface area contributed by atoms with E-state index in [0.717, 1.165) is 11.1 Å². The van der Waals surface area contributed by atoms with Gasteiger partial charge in [0.15, 0.2) is 0 Å². The van der Waals surface area contributed by atoms with Crippen molar-refractivity contribution >= 4 is 17.5 Å². The molecule has 0 saturated heterocycles. The number of carbonyl (C=O) groups excluding carboxylic acids is 2. The largest absolute Gasteiger partial charge is 0.348 e. The van der Waals surface area contributed by atoms with Crippen molar-refractivity contribution in [3.63, 3.8) is 0 Å². The van der Waals surface area contributed by atoms with Crippen LogP contribution in [0.15, 0.2) is 67.0 Å². The van der Waals surface area contributed by atoms with Crippen LogP contribution in [0.25, 0.3) is 0 Å². The average molecular weight is 370 g/mol. The number of nitrogens with zero attached hydrogens (tertiary/aromatic N) is 2. The lowest BCUT2D eigenvalue weighted by Crippen LogP contribution is -2.23. The lowest BCUT2D eigenvalue weighted by atomic mass is 10.1. The predicted octanol–water partition coefficient (Wildman–Crippen LogP) is 3.44. The minimum absolute atomic E-state index is 0.271. The van der Waals surface area contributed by atoms with Gasteiger partial charge in [-0.2, -0.15) is 5.26 Å². The Balaban J connectivity index is 1.66. The van der Waals surface area contributed by atoms with Crippen molar-refractivity contribution in [2.24, 2.45) is 0 Å². The summed E-state index contributed by atoms with van der Waals surface area (Å²) in [7, 11) is 0. The van der Waals surface area contributed by atoms with E-state index in [0.29, 0.717) is 23.4 Å². The van der Waals surface area contributed by atoms with Crippen molar-refractivity contribution in [2.75, 3.05) is 5.32 Å². The van der Waals surface area contributed by atoms with Crippen LogP contribution in [0, 0.1) is 18.3 Å². The Morgan fingerprint density at radius 2 is 1.71 bits per heavy atom. The van der Waals surface area contributed by atoms with Crippen LogP contribution in [0.3, 0.4) is 0 Å². The van der Waals surface area contributed by atoms with Crippen LogP contribution in [0.1, 0.15) is 37.4 Å². The third kappa shape index (κ3) is 4.80. The number of hydrogen-bond acceptors (Lipinski definition) is 4. The Morgan fingerprint density at radius 1 is 1.00 bits per heavy atom. The van der Waals surface area contributed by atoms with Gasteiger partial charge in [0.1, 0.15) is 0 Å². The molecule has 0 bridgehead atoms. The van der Waals surface area contributed by atoms with Crippen molar-refractivity contribution in [1.82, 2.24) is 10.3 Å². The summed E-state index contributed by atoms with van der Waals surface area (Å²) in [5.74, 6) is -0.687. The van der Waals surface area contributed by atoms with E-state index in [2.05, 4.69) is 15.6 Å². The number of amides is 2. The first-order valence-corrected chi connectivity index (χ1v) is 8.65. The van der Waals surface area contributed by atoms with Gasteiger partial charge < -0.3 is 10.6 Å². The lowest BCUT2D eigenvalue weighted by Gasteiger charge is -2.08. The molecule has 6 nitrogen and oxygen atoms in total. The summed E-state index contributed by atoms with van der Waals surface area (Å²) in [4.78, 5) is 28.8. The van der Waals surface area contributed by atoms with Crippen LogP contribution in [-0.4, -0.2) is 16.8 Å². The molecule has 3 aromatic rings. The van der Waals surface area contributed by atoms with E-state index in [1.807, 2.05) is 37.3 Å². The van der Waals surface area contributed by atoms with Crippen molar-refractivity contribution in [1.29, 1.82) is 5.26 Å². The summed E-state index contributed by atoms with van der Waals surface area (Å²) in [5.41, 5.74) is 3.75. The normalized spacial score (nSPS) is 10.0. The fourth-order valence-electron chi connectivity index (χ4n) is 2.63. The molecule has 0 saturated carbocycles. The van der Waals surface area contributed by atoms with Gasteiger partial charge in [0.25, 0.3) is 11.8 Å². The van der Waals surface area contributed by atoms with E-state index < -0.39 is 0 Å². The van der Waals surface area contributed by atoms with E-state index in [1.165, 1.54) is 18.5 Å². The molecule has 0 unspecified atom stereocenters. The topological polar surface area (TPSA) is 94.9 Å². The maximum absolute atomic E-state index is 12.4. The third-order valence-electron chi connectivity index (χ3n) is 4.07. The number of hydrogen-bond donors (Lipinski definition) is 2. The van der Waals surface area contributed by atoms with E-state index >= 15 is 0 Å². The maximum Gasteiger partial charge on any atom is 0.257 e. The third-order valence-corrected chi connectivity index (χ3v) is 4.07. The van der Waals surface area contributed by atoms with Gasteiger partial charge >= 0.3 is 0 Å². The first kappa shape index (κ1) is 18.8. The monoisotopic (exact) mass is 370 g/mol. The second-order valence-electron chi connectivity index (χ2n) is 6.28. The van der Waals surface area contributed by atoms with Gasteiger partial charge in [-0.05, 0) is 42.8 Å². The Hall–Kier alpha value is -3.98. The van der Waals surface area contributed by atoms with Crippen LogP contribution in [0.4, 0.5) is 5.69 Å². The molecule has 0 fully saturated rings. The summed E-state index contributed by atoms with van der Waals surface area (Å²) in [6.45, 7) is 2.38. The molecule has 1 aromatic heterocycles. The standard InChI is InChI=1S/C22H18N4O2/c1-15-3-2-4-17(9-15)12-25-21(27)18-10-19(14-24-13-18)22(28)26-20-7-5-16(11-23)6-8-20/h2-10,13-14H,12H2,1H3,(H,25,27)(H,26,28). The van der Waals surface area contributed by atoms with E-state index in [1.54, 1.807) is 24.3 Å². The minimum Gasteiger partial charge on any atom is -0.348 e. The molecule has 0 aliphatic rings. The van der Waals surface area contributed by atoms with Crippen LogP contribution >= 0.6 is 0 Å².